The molecule has 1 heterocycles. The monoisotopic (exact) mass is 453 g/mol. The number of carboxylic acid groups (broad SMARTS) is 1. The molecule has 34 heavy (non-hydrogen) atoms. The van der Waals surface area contributed by atoms with Gasteiger partial charge in [0.05, 0.1) is 11.9 Å². The van der Waals surface area contributed by atoms with E-state index in [0.717, 1.165) is 22.6 Å². The Bertz CT molecular complexity index is 1330. The number of hydrazone groups is 1. The van der Waals surface area contributed by atoms with Crippen LogP contribution in [-0.4, -0.2) is 34.4 Å². The van der Waals surface area contributed by atoms with Crippen molar-refractivity contribution in [2.24, 2.45) is 5.10 Å². The number of rotatable bonds is 8. The average molecular weight is 453 g/mol. The van der Waals surface area contributed by atoms with Crippen molar-refractivity contribution in [3.8, 4) is 22.7 Å². The summed E-state index contributed by atoms with van der Waals surface area (Å²) in [6, 6.07) is 28.4. The van der Waals surface area contributed by atoms with Crippen LogP contribution in [-0.2, 0) is 4.79 Å². The summed E-state index contributed by atoms with van der Waals surface area (Å²) < 4.78 is 7.38. The molecule has 7 nitrogen and oxygen atoms in total. The van der Waals surface area contributed by atoms with Crippen molar-refractivity contribution in [2.45, 2.75) is 6.92 Å². The van der Waals surface area contributed by atoms with Crippen molar-refractivity contribution in [1.82, 2.24) is 9.99 Å². The molecular weight excluding hydrogens is 430 g/mol. The van der Waals surface area contributed by atoms with Gasteiger partial charge in [-0.05, 0) is 61.0 Å². The smallest absolute Gasteiger partial charge is 0.341 e. The number of hydrogen-bond acceptors (Lipinski definition) is 4. The fourth-order valence-corrected chi connectivity index (χ4v) is 3.56. The Morgan fingerprint density at radius 2 is 1.65 bits per heavy atom. The van der Waals surface area contributed by atoms with Gasteiger partial charge in [-0.25, -0.2) is 10.2 Å². The van der Waals surface area contributed by atoms with Gasteiger partial charge >= 0.3 is 5.97 Å². The van der Waals surface area contributed by atoms with Gasteiger partial charge in [0.1, 0.15) is 5.75 Å². The number of aromatic nitrogens is 1. The summed E-state index contributed by atoms with van der Waals surface area (Å²) in [6.45, 7) is 1.58. The molecule has 1 aromatic heterocycles. The Labute approximate surface area is 196 Å². The van der Waals surface area contributed by atoms with Crippen molar-refractivity contribution >= 4 is 18.1 Å². The lowest BCUT2D eigenvalue weighted by atomic mass is 10.1. The van der Waals surface area contributed by atoms with E-state index in [1.807, 2.05) is 37.3 Å². The van der Waals surface area contributed by atoms with Crippen molar-refractivity contribution < 1.29 is 19.4 Å². The van der Waals surface area contributed by atoms with Gasteiger partial charge in [0, 0.05) is 22.5 Å². The Morgan fingerprint density at radius 1 is 0.941 bits per heavy atom. The molecule has 2 N–H and O–H groups in total. The minimum absolute atomic E-state index is 0.362. The Kier molecular flexibility index (Phi) is 6.84. The number of nitrogens with one attached hydrogen (secondary N) is 1. The molecule has 0 unspecified atom stereocenters. The van der Waals surface area contributed by atoms with Crippen LogP contribution < -0.4 is 10.2 Å². The van der Waals surface area contributed by atoms with Gasteiger partial charge in [-0.15, -0.1) is 0 Å². The largest absolute Gasteiger partial charge is 0.481 e. The molecule has 0 spiro atoms. The van der Waals surface area contributed by atoms with Crippen molar-refractivity contribution in [3.63, 3.8) is 0 Å². The van der Waals surface area contributed by atoms with Crippen LogP contribution >= 0.6 is 0 Å². The van der Waals surface area contributed by atoms with E-state index in [2.05, 4.69) is 39.4 Å². The SMILES string of the molecule is Cc1ccc(-c2ccccc2)n1-c1ccc(C(=O)N/N=C/c2ccccc2OCC(=O)O)cc1. The molecule has 3 aromatic carbocycles. The van der Waals surface area contributed by atoms with Crippen LogP contribution in [0.4, 0.5) is 0 Å². The van der Waals surface area contributed by atoms with E-state index >= 15 is 0 Å². The van der Waals surface area contributed by atoms with Crippen LogP contribution in [0.1, 0.15) is 21.6 Å². The first kappa shape index (κ1) is 22.5. The molecular formula is C27H23N3O4. The highest BCUT2D eigenvalue weighted by Crippen LogP contribution is 2.26. The Morgan fingerprint density at radius 3 is 2.38 bits per heavy atom. The van der Waals surface area contributed by atoms with Crippen LogP contribution in [0.3, 0.4) is 0 Å². The van der Waals surface area contributed by atoms with Crippen molar-refractivity contribution in [3.05, 3.63) is 108 Å². The van der Waals surface area contributed by atoms with E-state index in [9.17, 15) is 9.59 Å². The van der Waals surface area contributed by atoms with E-state index < -0.39 is 12.6 Å². The number of carbonyl (C=O) groups is 2. The molecule has 0 bridgehead atoms. The third-order valence-corrected chi connectivity index (χ3v) is 5.17. The van der Waals surface area contributed by atoms with Crippen LogP contribution in [0.25, 0.3) is 16.9 Å². The topological polar surface area (TPSA) is 92.9 Å². The number of para-hydroxylation sites is 1. The average Bonchev–Trinajstić information content (AvgIpc) is 3.25. The predicted molar refractivity (Wildman–Crippen MR) is 131 cm³/mol. The van der Waals surface area contributed by atoms with E-state index in [1.165, 1.54) is 6.21 Å². The maximum atomic E-state index is 12.5. The van der Waals surface area contributed by atoms with Crippen LogP contribution in [0.2, 0.25) is 0 Å². The van der Waals surface area contributed by atoms with Gasteiger partial charge in [0.2, 0.25) is 0 Å². The van der Waals surface area contributed by atoms with Crippen LogP contribution in [0, 0.1) is 6.92 Å². The summed E-state index contributed by atoms with van der Waals surface area (Å²) in [7, 11) is 0. The maximum absolute atomic E-state index is 12.5. The first-order chi connectivity index (χ1) is 16.5. The molecule has 0 atom stereocenters. The molecule has 0 aliphatic heterocycles. The minimum Gasteiger partial charge on any atom is -0.481 e. The number of ether oxygens (including phenoxy) is 1. The molecule has 0 aliphatic rings. The minimum atomic E-state index is -1.07. The third-order valence-electron chi connectivity index (χ3n) is 5.17. The zero-order chi connectivity index (χ0) is 23.9. The van der Waals surface area contributed by atoms with E-state index in [-0.39, 0.29) is 5.91 Å². The van der Waals surface area contributed by atoms with Gasteiger partial charge in [-0.3, -0.25) is 4.79 Å². The van der Waals surface area contributed by atoms with Crippen LogP contribution in [0.5, 0.6) is 5.75 Å². The predicted octanol–water partition coefficient (Wildman–Crippen LogP) is 4.68. The second-order valence-electron chi connectivity index (χ2n) is 7.53. The number of carboxylic acids is 1. The quantitative estimate of drug-likeness (QED) is 0.299. The van der Waals surface area contributed by atoms with E-state index in [4.69, 9.17) is 9.84 Å². The molecule has 0 aliphatic carbocycles. The summed E-state index contributed by atoms with van der Waals surface area (Å²) in [5, 5.41) is 12.8. The first-order valence-electron chi connectivity index (χ1n) is 10.6. The molecule has 1 amide bonds. The molecule has 0 saturated heterocycles. The van der Waals surface area contributed by atoms with Gasteiger partial charge in [0.15, 0.2) is 6.61 Å². The fourth-order valence-electron chi connectivity index (χ4n) is 3.56. The van der Waals surface area contributed by atoms with E-state index in [0.29, 0.717) is 16.9 Å². The van der Waals surface area contributed by atoms with Gasteiger partial charge in [-0.2, -0.15) is 5.10 Å². The summed E-state index contributed by atoms with van der Waals surface area (Å²) in [5.74, 6) is -1.07. The lowest BCUT2D eigenvalue weighted by Gasteiger charge is -2.12. The molecule has 0 radical (unpaired) electrons. The Hall–Kier alpha value is -4.65. The number of aliphatic carboxylic acids is 1. The zero-order valence-corrected chi connectivity index (χ0v) is 18.5. The zero-order valence-electron chi connectivity index (χ0n) is 18.5. The number of carbonyl (C=O) groups excluding carboxylic acids is 1. The molecule has 7 heteroatoms. The van der Waals surface area contributed by atoms with Crippen molar-refractivity contribution in [1.29, 1.82) is 0 Å². The maximum Gasteiger partial charge on any atom is 0.341 e. The second-order valence-corrected chi connectivity index (χ2v) is 7.53. The standard InChI is InChI=1S/C27H23N3O4/c1-19-11-16-24(20-7-3-2-4-8-20)30(19)23-14-12-21(13-15-23)27(33)29-28-17-22-9-5-6-10-25(22)34-18-26(31)32/h2-17H,18H2,1H3,(H,29,33)(H,31,32)/b28-17+. The number of aryl methyl sites for hydroxylation is 1. The summed E-state index contributed by atoms with van der Waals surface area (Å²) in [6.07, 6.45) is 1.42. The van der Waals surface area contributed by atoms with Gasteiger partial charge in [0.25, 0.3) is 5.91 Å². The molecule has 0 saturated carbocycles. The summed E-state index contributed by atoms with van der Waals surface area (Å²) in [4.78, 5) is 23.3. The highest BCUT2D eigenvalue weighted by molar-refractivity contribution is 5.95. The fraction of sp³-hybridized carbons (Fsp3) is 0.0741. The van der Waals surface area contributed by atoms with Gasteiger partial charge < -0.3 is 14.4 Å². The van der Waals surface area contributed by atoms with Gasteiger partial charge in [-0.1, -0.05) is 42.5 Å². The normalized spacial score (nSPS) is 10.9. The van der Waals surface area contributed by atoms with Crippen molar-refractivity contribution in [2.75, 3.05) is 6.61 Å². The van der Waals surface area contributed by atoms with E-state index in [1.54, 1.807) is 36.4 Å². The summed E-state index contributed by atoms with van der Waals surface area (Å²) >= 11 is 0. The lowest BCUT2D eigenvalue weighted by Crippen LogP contribution is -2.17. The number of nitrogens with zero attached hydrogens (tertiary/aromatic N) is 2. The summed E-state index contributed by atoms with van der Waals surface area (Å²) in [5.41, 5.74) is 7.73. The second kappa shape index (κ2) is 10.3. The molecule has 4 aromatic rings. The van der Waals surface area contributed by atoms with Crippen LogP contribution in [0.15, 0.2) is 96.1 Å². The number of hydrogen-bond donors (Lipinski definition) is 2. The first-order valence-corrected chi connectivity index (χ1v) is 10.6. The highest BCUT2D eigenvalue weighted by atomic mass is 16.5. The highest BCUT2D eigenvalue weighted by Gasteiger charge is 2.11. The Balaban J connectivity index is 1.46. The molecule has 0 fully saturated rings. The number of benzene rings is 3. The third kappa shape index (κ3) is 5.21. The molecule has 4 rings (SSSR count). The lowest BCUT2D eigenvalue weighted by molar-refractivity contribution is -0.139. The number of amides is 1. The molecule has 170 valence electrons.